The molecule has 1 aromatic heterocycles. The molecule has 5 nitrogen and oxygen atoms in total. The Morgan fingerprint density at radius 2 is 2.38 bits per heavy atom. The van der Waals surface area contributed by atoms with Crippen LogP contribution in [0.15, 0.2) is 18.5 Å². The van der Waals surface area contributed by atoms with Gasteiger partial charge in [0.2, 0.25) is 0 Å². The predicted octanol–water partition coefficient (Wildman–Crippen LogP) is 0.615. The van der Waals surface area contributed by atoms with Crippen LogP contribution in [0.1, 0.15) is 30.1 Å². The second-order valence-electron chi connectivity index (χ2n) is 3.63. The lowest BCUT2D eigenvalue weighted by Gasteiger charge is -2.13. The van der Waals surface area contributed by atoms with Crippen LogP contribution in [0.3, 0.4) is 0 Å². The SMILES string of the molecule is CCC(CCO)CNC(=O)c1ccnnc1. The van der Waals surface area contributed by atoms with Crippen molar-refractivity contribution in [2.24, 2.45) is 5.92 Å². The fraction of sp³-hybridized carbons (Fsp3) is 0.545. The number of amides is 1. The minimum Gasteiger partial charge on any atom is -0.396 e. The lowest BCUT2D eigenvalue weighted by molar-refractivity contribution is 0.0943. The third-order valence-corrected chi connectivity index (χ3v) is 2.51. The Balaban J connectivity index is 2.40. The largest absolute Gasteiger partial charge is 0.396 e. The number of aromatic nitrogens is 2. The van der Waals surface area contributed by atoms with Crippen LogP contribution >= 0.6 is 0 Å². The van der Waals surface area contributed by atoms with E-state index in [0.29, 0.717) is 24.4 Å². The minimum absolute atomic E-state index is 0.147. The van der Waals surface area contributed by atoms with Crippen molar-refractivity contribution in [2.75, 3.05) is 13.2 Å². The van der Waals surface area contributed by atoms with Crippen molar-refractivity contribution in [3.05, 3.63) is 24.0 Å². The Morgan fingerprint density at radius 3 is 2.94 bits per heavy atom. The van der Waals surface area contributed by atoms with E-state index < -0.39 is 0 Å². The molecule has 88 valence electrons. The van der Waals surface area contributed by atoms with Gasteiger partial charge in [0.05, 0.1) is 18.0 Å². The molecule has 1 rings (SSSR count). The van der Waals surface area contributed by atoms with E-state index in [2.05, 4.69) is 15.5 Å². The third kappa shape index (κ3) is 3.94. The van der Waals surface area contributed by atoms with E-state index in [4.69, 9.17) is 5.11 Å². The molecule has 0 aliphatic heterocycles. The number of carbonyl (C=O) groups is 1. The molecule has 2 N–H and O–H groups in total. The molecule has 0 aliphatic rings. The normalized spacial score (nSPS) is 12.1. The van der Waals surface area contributed by atoms with Gasteiger partial charge in [0.15, 0.2) is 0 Å². The highest BCUT2D eigenvalue weighted by atomic mass is 16.3. The molecule has 1 unspecified atom stereocenters. The zero-order chi connectivity index (χ0) is 11.8. The molecule has 1 atom stereocenters. The Bertz CT molecular complexity index is 316. The molecule has 1 aromatic rings. The van der Waals surface area contributed by atoms with E-state index in [-0.39, 0.29) is 12.5 Å². The summed E-state index contributed by atoms with van der Waals surface area (Å²) < 4.78 is 0. The quantitative estimate of drug-likeness (QED) is 0.741. The molecule has 0 aliphatic carbocycles. The smallest absolute Gasteiger partial charge is 0.252 e. The highest BCUT2D eigenvalue weighted by Gasteiger charge is 2.09. The van der Waals surface area contributed by atoms with Crippen LogP contribution in [-0.4, -0.2) is 34.4 Å². The summed E-state index contributed by atoms with van der Waals surface area (Å²) in [6.07, 6.45) is 4.57. The number of aliphatic hydroxyl groups excluding tert-OH is 1. The van der Waals surface area contributed by atoms with Crippen molar-refractivity contribution in [3.8, 4) is 0 Å². The summed E-state index contributed by atoms with van der Waals surface area (Å²) in [6, 6.07) is 1.62. The van der Waals surface area contributed by atoms with Gasteiger partial charge < -0.3 is 10.4 Å². The van der Waals surface area contributed by atoms with Crippen LogP contribution in [-0.2, 0) is 0 Å². The molecule has 0 saturated heterocycles. The fourth-order valence-corrected chi connectivity index (χ4v) is 1.40. The predicted molar refractivity (Wildman–Crippen MR) is 59.8 cm³/mol. The van der Waals surface area contributed by atoms with E-state index >= 15 is 0 Å². The molecular weight excluding hydrogens is 206 g/mol. The van der Waals surface area contributed by atoms with Crippen molar-refractivity contribution in [1.29, 1.82) is 0 Å². The highest BCUT2D eigenvalue weighted by molar-refractivity contribution is 5.93. The van der Waals surface area contributed by atoms with Gasteiger partial charge in [-0.15, -0.1) is 0 Å². The van der Waals surface area contributed by atoms with Gasteiger partial charge in [0.25, 0.3) is 5.91 Å². The first-order chi connectivity index (χ1) is 7.77. The fourth-order valence-electron chi connectivity index (χ4n) is 1.40. The maximum absolute atomic E-state index is 11.6. The van der Waals surface area contributed by atoms with Crippen LogP contribution in [0.25, 0.3) is 0 Å². The summed E-state index contributed by atoms with van der Waals surface area (Å²) in [5, 5.41) is 18.9. The van der Waals surface area contributed by atoms with Crippen molar-refractivity contribution < 1.29 is 9.90 Å². The van der Waals surface area contributed by atoms with E-state index in [9.17, 15) is 4.79 Å². The van der Waals surface area contributed by atoms with Gasteiger partial charge in [-0.25, -0.2) is 0 Å². The van der Waals surface area contributed by atoms with Crippen LogP contribution in [0.5, 0.6) is 0 Å². The zero-order valence-electron chi connectivity index (χ0n) is 9.39. The molecule has 16 heavy (non-hydrogen) atoms. The van der Waals surface area contributed by atoms with Gasteiger partial charge in [-0.3, -0.25) is 4.79 Å². The van der Waals surface area contributed by atoms with Gasteiger partial charge in [-0.2, -0.15) is 10.2 Å². The number of aliphatic hydroxyl groups is 1. The lowest BCUT2D eigenvalue weighted by atomic mass is 10.0. The number of nitrogens with zero attached hydrogens (tertiary/aromatic N) is 2. The molecule has 0 saturated carbocycles. The molecular formula is C11H17N3O2. The number of nitrogens with one attached hydrogen (secondary N) is 1. The van der Waals surface area contributed by atoms with Crippen LogP contribution in [0.2, 0.25) is 0 Å². The minimum atomic E-state index is -0.147. The Hall–Kier alpha value is -1.49. The maximum Gasteiger partial charge on any atom is 0.252 e. The molecule has 0 spiro atoms. The van der Waals surface area contributed by atoms with E-state index in [1.807, 2.05) is 6.92 Å². The number of carbonyl (C=O) groups excluding carboxylic acids is 1. The van der Waals surface area contributed by atoms with E-state index in [1.165, 1.54) is 12.4 Å². The second-order valence-corrected chi connectivity index (χ2v) is 3.63. The summed E-state index contributed by atoms with van der Waals surface area (Å²) >= 11 is 0. The van der Waals surface area contributed by atoms with Crippen molar-refractivity contribution in [3.63, 3.8) is 0 Å². The molecule has 0 bridgehead atoms. The molecule has 1 amide bonds. The first-order valence-corrected chi connectivity index (χ1v) is 5.43. The standard InChI is InChI=1S/C11H17N3O2/c1-2-9(4-6-15)7-12-11(16)10-3-5-13-14-8-10/h3,5,8-9,15H,2,4,6-7H2,1H3,(H,12,16). The first-order valence-electron chi connectivity index (χ1n) is 5.43. The average Bonchev–Trinajstić information content (AvgIpc) is 2.35. The zero-order valence-corrected chi connectivity index (χ0v) is 9.39. The van der Waals surface area contributed by atoms with Gasteiger partial charge in [0, 0.05) is 13.2 Å². The van der Waals surface area contributed by atoms with Gasteiger partial charge in [-0.1, -0.05) is 13.3 Å². The number of rotatable bonds is 6. The van der Waals surface area contributed by atoms with E-state index in [1.54, 1.807) is 6.07 Å². The molecule has 0 aromatic carbocycles. The summed E-state index contributed by atoms with van der Waals surface area (Å²) in [5.41, 5.74) is 0.508. The Morgan fingerprint density at radius 1 is 1.56 bits per heavy atom. The molecule has 1 heterocycles. The summed E-state index contributed by atoms with van der Waals surface area (Å²) in [7, 11) is 0. The van der Waals surface area contributed by atoms with Crippen LogP contribution in [0.4, 0.5) is 0 Å². The topological polar surface area (TPSA) is 75.1 Å². The molecule has 0 fully saturated rings. The van der Waals surface area contributed by atoms with Gasteiger partial charge >= 0.3 is 0 Å². The Kier molecular flexibility index (Phi) is 5.42. The third-order valence-electron chi connectivity index (χ3n) is 2.51. The van der Waals surface area contributed by atoms with E-state index in [0.717, 1.165) is 6.42 Å². The summed E-state index contributed by atoms with van der Waals surface area (Å²) in [5.74, 6) is 0.176. The summed E-state index contributed by atoms with van der Waals surface area (Å²) in [4.78, 5) is 11.6. The second kappa shape index (κ2) is 6.90. The van der Waals surface area contributed by atoms with Crippen molar-refractivity contribution in [1.82, 2.24) is 15.5 Å². The van der Waals surface area contributed by atoms with Gasteiger partial charge in [0.1, 0.15) is 0 Å². The first kappa shape index (κ1) is 12.6. The Labute approximate surface area is 94.9 Å². The number of hydrogen-bond donors (Lipinski definition) is 2. The molecule has 5 heteroatoms. The van der Waals surface area contributed by atoms with Crippen LogP contribution < -0.4 is 5.32 Å². The number of hydrogen-bond acceptors (Lipinski definition) is 4. The lowest BCUT2D eigenvalue weighted by Crippen LogP contribution is -2.29. The monoisotopic (exact) mass is 223 g/mol. The van der Waals surface area contributed by atoms with Crippen molar-refractivity contribution in [2.45, 2.75) is 19.8 Å². The average molecular weight is 223 g/mol. The van der Waals surface area contributed by atoms with Gasteiger partial charge in [-0.05, 0) is 18.4 Å². The highest BCUT2D eigenvalue weighted by Crippen LogP contribution is 2.06. The van der Waals surface area contributed by atoms with Crippen molar-refractivity contribution >= 4 is 5.91 Å². The maximum atomic E-state index is 11.6. The summed E-state index contributed by atoms with van der Waals surface area (Å²) in [6.45, 7) is 2.78. The molecule has 0 radical (unpaired) electrons. The van der Waals surface area contributed by atoms with Crippen LogP contribution in [0, 0.1) is 5.92 Å².